The van der Waals surface area contributed by atoms with Gasteiger partial charge in [0.25, 0.3) is 0 Å². The zero-order chi connectivity index (χ0) is 28.5. The number of halogens is 2. The standard InChI is InChI=1S/C18H28N2O.C13H8F2O3/c1-4-5-12-20-13-7-6-11-16(20)18(21)19-17-14(2)9-8-10-15(17)3;14-8-2-3-9(11(15)6-8)7-1-4-12(16)10(5-7)13(17)18/h8-10,16H,4-7,11-13H2,1-3H3,(H,19,21);1-6,16H,(H,17,18). The second-order valence-corrected chi connectivity index (χ2v) is 9.82. The second kappa shape index (κ2) is 13.8. The van der Waals surface area contributed by atoms with E-state index in [0.717, 1.165) is 60.9 Å². The van der Waals surface area contributed by atoms with Crippen LogP contribution in [0.4, 0.5) is 14.5 Å². The molecular weight excluding hydrogens is 502 g/mol. The minimum Gasteiger partial charge on any atom is -0.507 e. The Kier molecular flexibility index (Phi) is 10.6. The highest BCUT2D eigenvalue weighted by molar-refractivity contribution is 5.96. The highest BCUT2D eigenvalue weighted by Gasteiger charge is 2.28. The van der Waals surface area contributed by atoms with Crippen molar-refractivity contribution in [2.24, 2.45) is 0 Å². The van der Waals surface area contributed by atoms with E-state index in [0.29, 0.717) is 6.07 Å². The number of likely N-dealkylation sites (tertiary alicyclic amines) is 1. The van der Waals surface area contributed by atoms with Crippen molar-refractivity contribution in [2.45, 2.75) is 58.9 Å². The number of carbonyl (C=O) groups is 2. The summed E-state index contributed by atoms with van der Waals surface area (Å²) in [5.41, 5.74) is 3.25. The molecule has 1 aliphatic rings. The SMILES string of the molecule is CCCCN1CCCCC1C(=O)Nc1c(C)cccc1C.O=C(O)c1cc(-c2ccc(F)cc2F)ccc1O. The fourth-order valence-electron chi connectivity index (χ4n) is 4.73. The van der Waals surface area contributed by atoms with Crippen molar-refractivity contribution in [1.29, 1.82) is 0 Å². The number of carbonyl (C=O) groups excluding carboxylic acids is 1. The van der Waals surface area contributed by atoms with E-state index in [1.54, 1.807) is 0 Å². The van der Waals surface area contributed by atoms with Gasteiger partial charge < -0.3 is 15.5 Å². The van der Waals surface area contributed by atoms with Crippen molar-refractivity contribution in [3.05, 3.63) is 82.9 Å². The summed E-state index contributed by atoms with van der Waals surface area (Å²) in [5.74, 6) is -3.07. The summed E-state index contributed by atoms with van der Waals surface area (Å²) in [6.45, 7) is 8.42. The lowest BCUT2D eigenvalue weighted by molar-refractivity contribution is -0.122. The molecule has 0 aliphatic carbocycles. The predicted octanol–water partition coefficient (Wildman–Crippen LogP) is 6.93. The van der Waals surface area contributed by atoms with Gasteiger partial charge >= 0.3 is 5.97 Å². The number of aryl methyl sites for hydroxylation is 2. The quantitative estimate of drug-likeness (QED) is 0.303. The van der Waals surface area contributed by atoms with Gasteiger partial charge in [0.15, 0.2) is 0 Å². The molecule has 1 saturated heterocycles. The first-order valence-electron chi connectivity index (χ1n) is 13.2. The molecule has 208 valence electrons. The van der Waals surface area contributed by atoms with E-state index in [9.17, 15) is 23.5 Å². The lowest BCUT2D eigenvalue weighted by Gasteiger charge is -2.34. The first kappa shape index (κ1) is 29.8. The van der Waals surface area contributed by atoms with Gasteiger partial charge in [-0.25, -0.2) is 13.6 Å². The number of aromatic carboxylic acids is 1. The number of aromatic hydroxyl groups is 1. The maximum Gasteiger partial charge on any atom is 0.339 e. The largest absolute Gasteiger partial charge is 0.507 e. The normalized spacial score (nSPS) is 15.3. The smallest absolute Gasteiger partial charge is 0.339 e. The van der Waals surface area contributed by atoms with Gasteiger partial charge in [-0.1, -0.05) is 44.0 Å². The molecule has 1 heterocycles. The van der Waals surface area contributed by atoms with E-state index >= 15 is 0 Å². The van der Waals surface area contributed by atoms with Crippen LogP contribution in [0.5, 0.6) is 5.75 Å². The van der Waals surface area contributed by atoms with Crippen LogP contribution in [0.25, 0.3) is 11.1 Å². The van der Waals surface area contributed by atoms with Crippen molar-refractivity contribution < 1.29 is 28.6 Å². The minimum absolute atomic E-state index is 0.0457. The van der Waals surface area contributed by atoms with Crippen LogP contribution in [0.3, 0.4) is 0 Å². The number of nitrogens with one attached hydrogen (secondary N) is 1. The number of rotatable bonds is 7. The van der Waals surface area contributed by atoms with Gasteiger partial charge in [0.2, 0.25) is 5.91 Å². The molecule has 1 fully saturated rings. The third kappa shape index (κ3) is 7.86. The Morgan fingerprint density at radius 2 is 1.74 bits per heavy atom. The number of unbranched alkanes of at least 4 members (excludes halogenated alkanes) is 1. The molecule has 8 heteroatoms. The van der Waals surface area contributed by atoms with Gasteiger partial charge in [0, 0.05) is 17.3 Å². The molecule has 0 aromatic heterocycles. The van der Waals surface area contributed by atoms with Crippen LogP contribution in [-0.2, 0) is 4.79 Å². The molecule has 0 saturated carbocycles. The van der Waals surface area contributed by atoms with E-state index < -0.39 is 23.4 Å². The number of nitrogens with zero attached hydrogens (tertiary/aromatic N) is 1. The number of anilines is 1. The second-order valence-electron chi connectivity index (χ2n) is 9.82. The first-order valence-corrected chi connectivity index (χ1v) is 13.2. The molecule has 6 nitrogen and oxygen atoms in total. The van der Waals surface area contributed by atoms with Gasteiger partial charge in [-0.15, -0.1) is 0 Å². The lowest BCUT2D eigenvalue weighted by atomic mass is 10.00. The molecule has 0 radical (unpaired) electrons. The molecule has 1 unspecified atom stereocenters. The fourth-order valence-corrected chi connectivity index (χ4v) is 4.73. The van der Waals surface area contributed by atoms with Crippen molar-refractivity contribution in [2.75, 3.05) is 18.4 Å². The summed E-state index contributed by atoms with van der Waals surface area (Å²) in [5, 5.41) is 21.3. The highest BCUT2D eigenvalue weighted by Crippen LogP contribution is 2.28. The minimum atomic E-state index is -1.32. The van der Waals surface area contributed by atoms with Gasteiger partial charge in [-0.2, -0.15) is 0 Å². The van der Waals surface area contributed by atoms with E-state index in [2.05, 4.69) is 43.1 Å². The molecule has 1 aliphatic heterocycles. The number of piperidine rings is 1. The van der Waals surface area contributed by atoms with Crippen LogP contribution in [0, 0.1) is 25.5 Å². The molecule has 1 amide bonds. The van der Waals surface area contributed by atoms with Gasteiger partial charge in [0.05, 0.1) is 6.04 Å². The number of benzene rings is 3. The monoisotopic (exact) mass is 538 g/mol. The summed E-state index contributed by atoms with van der Waals surface area (Å²) in [7, 11) is 0. The van der Waals surface area contributed by atoms with E-state index in [-0.39, 0.29) is 28.6 Å². The van der Waals surface area contributed by atoms with E-state index in [4.69, 9.17) is 5.11 Å². The van der Waals surface area contributed by atoms with Crippen molar-refractivity contribution >= 4 is 17.6 Å². The summed E-state index contributed by atoms with van der Waals surface area (Å²) < 4.78 is 26.3. The van der Waals surface area contributed by atoms with E-state index in [1.165, 1.54) is 31.4 Å². The lowest BCUT2D eigenvalue weighted by Crippen LogP contribution is -2.47. The Balaban J connectivity index is 0.000000218. The maximum atomic E-state index is 13.5. The third-order valence-electron chi connectivity index (χ3n) is 6.91. The topological polar surface area (TPSA) is 89.9 Å². The first-order chi connectivity index (χ1) is 18.6. The summed E-state index contributed by atoms with van der Waals surface area (Å²) >= 11 is 0. The molecule has 39 heavy (non-hydrogen) atoms. The number of amides is 1. The summed E-state index contributed by atoms with van der Waals surface area (Å²) in [4.78, 5) is 25.9. The molecule has 3 aromatic carbocycles. The fraction of sp³-hybridized carbons (Fsp3) is 0.355. The summed E-state index contributed by atoms with van der Waals surface area (Å²) in [6.07, 6.45) is 5.72. The average molecular weight is 539 g/mol. The Bertz CT molecular complexity index is 1290. The van der Waals surface area contributed by atoms with Gasteiger partial charge in [0.1, 0.15) is 22.9 Å². The number of hydrogen-bond acceptors (Lipinski definition) is 4. The maximum absolute atomic E-state index is 13.5. The van der Waals surface area contributed by atoms with Crippen LogP contribution >= 0.6 is 0 Å². The average Bonchev–Trinajstić information content (AvgIpc) is 2.90. The molecule has 3 aromatic rings. The Morgan fingerprint density at radius 3 is 2.38 bits per heavy atom. The van der Waals surface area contributed by atoms with Crippen LogP contribution in [-0.4, -0.2) is 46.1 Å². The molecule has 1 atom stereocenters. The Morgan fingerprint density at radius 1 is 1.03 bits per heavy atom. The van der Waals surface area contributed by atoms with Crippen molar-refractivity contribution in [3.63, 3.8) is 0 Å². The predicted molar refractivity (Wildman–Crippen MR) is 149 cm³/mol. The third-order valence-corrected chi connectivity index (χ3v) is 6.91. The zero-order valence-corrected chi connectivity index (χ0v) is 22.6. The Labute approximate surface area is 228 Å². The van der Waals surface area contributed by atoms with Crippen LogP contribution in [0.15, 0.2) is 54.6 Å². The van der Waals surface area contributed by atoms with E-state index in [1.807, 2.05) is 6.07 Å². The summed E-state index contributed by atoms with van der Waals surface area (Å²) in [6, 6.07) is 12.8. The van der Waals surface area contributed by atoms with Crippen LogP contribution < -0.4 is 5.32 Å². The molecular formula is C31H36F2N2O4. The Hall–Kier alpha value is -3.78. The number of carboxylic acids is 1. The number of phenols is 1. The van der Waals surface area contributed by atoms with Gasteiger partial charge in [-0.05, 0) is 87.2 Å². The number of carboxylic acid groups (broad SMARTS) is 1. The van der Waals surface area contributed by atoms with Gasteiger partial charge in [-0.3, -0.25) is 9.69 Å². The van der Waals surface area contributed by atoms with Crippen LogP contribution in [0.1, 0.15) is 60.5 Å². The van der Waals surface area contributed by atoms with Crippen molar-refractivity contribution in [3.8, 4) is 16.9 Å². The number of para-hydroxylation sites is 1. The highest BCUT2D eigenvalue weighted by atomic mass is 19.1. The van der Waals surface area contributed by atoms with Crippen LogP contribution in [0.2, 0.25) is 0 Å². The molecule has 0 spiro atoms. The zero-order valence-electron chi connectivity index (χ0n) is 22.6. The number of hydrogen-bond donors (Lipinski definition) is 3. The molecule has 3 N–H and O–H groups in total. The van der Waals surface area contributed by atoms with Crippen molar-refractivity contribution in [1.82, 2.24) is 4.90 Å². The molecule has 4 rings (SSSR count). The molecule has 0 bridgehead atoms.